The Balaban J connectivity index is 2.26. The molecule has 2 aromatic carbocycles. The van der Waals surface area contributed by atoms with Gasteiger partial charge in [0.15, 0.2) is 0 Å². The summed E-state index contributed by atoms with van der Waals surface area (Å²) in [6, 6.07) is 12.3. The van der Waals surface area contributed by atoms with Crippen molar-refractivity contribution in [3.63, 3.8) is 0 Å². The predicted molar refractivity (Wildman–Crippen MR) is 133 cm³/mol. The minimum Gasteiger partial charge on any atom is -0.352 e. The molecule has 2 amide bonds. The fraction of sp³-hybridized carbons (Fsp3) is 0.391. The summed E-state index contributed by atoms with van der Waals surface area (Å²) in [4.78, 5) is 27.5. The zero-order chi connectivity index (χ0) is 24.8. The molecule has 0 saturated heterocycles. The zero-order valence-corrected chi connectivity index (χ0v) is 22.2. The van der Waals surface area contributed by atoms with E-state index < -0.39 is 28.5 Å². The normalized spacial score (nSPS) is 13.4. The van der Waals surface area contributed by atoms with E-state index in [4.69, 9.17) is 11.6 Å². The largest absolute Gasteiger partial charge is 0.352 e. The van der Waals surface area contributed by atoms with Crippen molar-refractivity contribution < 1.29 is 18.0 Å². The molecule has 33 heavy (non-hydrogen) atoms. The summed E-state index contributed by atoms with van der Waals surface area (Å²) in [6.07, 6.45) is 0.751. The molecule has 0 aromatic heterocycles. The molecule has 2 aromatic rings. The molecule has 2 atom stereocenters. The van der Waals surface area contributed by atoms with Crippen LogP contribution < -0.4 is 5.32 Å². The number of sulfonamides is 1. The van der Waals surface area contributed by atoms with Crippen LogP contribution in [0.25, 0.3) is 0 Å². The Morgan fingerprint density at radius 2 is 1.64 bits per heavy atom. The second kappa shape index (κ2) is 12.0. The summed E-state index contributed by atoms with van der Waals surface area (Å²) < 4.78 is 27.7. The van der Waals surface area contributed by atoms with E-state index in [2.05, 4.69) is 21.2 Å². The maximum absolute atomic E-state index is 13.3. The van der Waals surface area contributed by atoms with Crippen LogP contribution in [-0.4, -0.2) is 55.1 Å². The molecule has 0 radical (unpaired) electrons. The van der Waals surface area contributed by atoms with Gasteiger partial charge in [-0.15, -0.1) is 0 Å². The van der Waals surface area contributed by atoms with Crippen molar-refractivity contribution in [2.45, 2.75) is 50.7 Å². The second-order valence-electron chi connectivity index (χ2n) is 7.86. The molecule has 0 spiro atoms. The van der Waals surface area contributed by atoms with E-state index in [0.29, 0.717) is 5.02 Å². The molecular weight excluding hydrogens is 530 g/mol. The Morgan fingerprint density at radius 1 is 1.06 bits per heavy atom. The SMILES string of the molecule is CC[C@H](C)NC(=O)[C@H](C)N(Cc1ccc(Br)cc1)C(=O)CN(C)S(=O)(=O)c1ccc(Cl)cc1. The van der Waals surface area contributed by atoms with Gasteiger partial charge >= 0.3 is 0 Å². The molecule has 0 fully saturated rings. The van der Waals surface area contributed by atoms with Gasteiger partial charge in [0.05, 0.1) is 11.4 Å². The fourth-order valence-corrected chi connectivity index (χ4v) is 4.50. The number of likely N-dealkylation sites (N-methyl/N-ethyl adjacent to an activating group) is 1. The summed E-state index contributed by atoms with van der Waals surface area (Å²) >= 11 is 9.24. The first-order valence-electron chi connectivity index (χ1n) is 10.5. The van der Waals surface area contributed by atoms with E-state index in [1.54, 1.807) is 6.92 Å². The van der Waals surface area contributed by atoms with Gasteiger partial charge in [-0.25, -0.2) is 8.42 Å². The molecule has 1 N–H and O–H groups in total. The Kier molecular flexibility index (Phi) is 9.90. The number of hydrogen-bond acceptors (Lipinski definition) is 4. The minimum absolute atomic E-state index is 0.0317. The van der Waals surface area contributed by atoms with E-state index in [9.17, 15) is 18.0 Å². The molecule has 10 heteroatoms. The summed E-state index contributed by atoms with van der Waals surface area (Å²) in [5.41, 5.74) is 0.818. The molecular formula is C23H29BrClN3O4S. The van der Waals surface area contributed by atoms with E-state index >= 15 is 0 Å². The number of carbonyl (C=O) groups is 2. The summed E-state index contributed by atoms with van der Waals surface area (Å²) in [6.45, 7) is 5.23. The summed E-state index contributed by atoms with van der Waals surface area (Å²) in [5.74, 6) is -0.775. The molecule has 0 heterocycles. The molecule has 0 saturated carbocycles. The van der Waals surface area contributed by atoms with Gasteiger partial charge < -0.3 is 10.2 Å². The Hall–Kier alpha value is -1.94. The molecule has 7 nitrogen and oxygen atoms in total. The molecule has 0 bridgehead atoms. The van der Waals surface area contributed by atoms with Crippen LogP contribution in [0.1, 0.15) is 32.8 Å². The van der Waals surface area contributed by atoms with Crippen LogP contribution in [0.4, 0.5) is 0 Å². The third kappa shape index (κ3) is 7.53. The van der Waals surface area contributed by atoms with Crippen molar-refractivity contribution in [1.29, 1.82) is 0 Å². The van der Waals surface area contributed by atoms with Gasteiger partial charge in [-0.05, 0) is 62.2 Å². The number of halogens is 2. The zero-order valence-electron chi connectivity index (χ0n) is 19.1. The van der Waals surface area contributed by atoms with Crippen LogP contribution in [0.15, 0.2) is 57.9 Å². The highest BCUT2D eigenvalue weighted by atomic mass is 79.9. The lowest BCUT2D eigenvalue weighted by Crippen LogP contribution is -2.51. The highest BCUT2D eigenvalue weighted by Crippen LogP contribution is 2.19. The fourth-order valence-electron chi connectivity index (χ4n) is 2.99. The molecule has 0 aliphatic rings. The highest BCUT2D eigenvalue weighted by Gasteiger charge is 2.30. The third-order valence-corrected chi connectivity index (χ3v) is 7.91. The van der Waals surface area contributed by atoms with Crippen LogP contribution in [0.3, 0.4) is 0 Å². The number of carbonyl (C=O) groups excluding carboxylic acids is 2. The Labute approximate surface area is 209 Å². The first kappa shape index (κ1) is 27.3. The van der Waals surface area contributed by atoms with Gasteiger partial charge in [0.2, 0.25) is 21.8 Å². The van der Waals surface area contributed by atoms with Gasteiger partial charge in [-0.2, -0.15) is 4.31 Å². The van der Waals surface area contributed by atoms with Crippen molar-refractivity contribution in [2.24, 2.45) is 0 Å². The number of hydrogen-bond donors (Lipinski definition) is 1. The van der Waals surface area contributed by atoms with Crippen LogP contribution in [0.2, 0.25) is 5.02 Å². The number of nitrogens with zero attached hydrogens (tertiary/aromatic N) is 2. The van der Waals surface area contributed by atoms with Gasteiger partial charge in [-0.1, -0.05) is 46.6 Å². The topological polar surface area (TPSA) is 86.8 Å². The minimum atomic E-state index is -3.91. The van der Waals surface area contributed by atoms with Crippen molar-refractivity contribution in [1.82, 2.24) is 14.5 Å². The van der Waals surface area contributed by atoms with Crippen molar-refractivity contribution in [2.75, 3.05) is 13.6 Å². The lowest BCUT2D eigenvalue weighted by atomic mass is 10.1. The van der Waals surface area contributed by atoms with Crippen LogP contribution in [-0.2, 0) is 26.2 Å². The van der Waals surface area contributed by atoms with Crippen LogP contribution in [0, 0.1) is 0 Å². The Morgan fingerprint density at radius 3 is 2.18 bits per heavy atom. The van der Waals surface area contributed by atoms with Crippen LogP contribution >= 0.6 is 27.5 Å². The molecule has 2 rings (SSSR count). The summed E-state index contributed by atoms with van der Waals surface area (Å²) in [5, 5.41) is 3.30. The van der Waals surface area contributed by atoms with Crippen LogP contribution in [0.5, 0.6) is 0 Å². The number of rotatable bonds is 10. The molecule has 180 valence electrons. The van der Waals surface area contributed by atoms with E-state index in [1.165, 1.54) is 36.2 Å². The summed E-state index contributed by atoms with van der Waals surface area (Å²) in [7, 11) is -2.57. The maximum Gasteiger partial charge on any atom is 0.243 e. The first-order valence-corrected chi connectivity index (χ1v) is 13.1. The lowest BCUT2D eigenvalue weighted by molar-refractivity contribution is -0.140. The average molecular weight is 559 g/mol. The van der Waals surface area contributed by atoms with Gasteiger partial charge in [0.25, 0.3) is 0 Å². The number of benzene rings is 2. The van der Waals surface area contributed by atoms with Crippen molar-refractivity contribution in [3.8, 4) is 0 Å². The quantitative estimate of drug-likeness (QED) is 0.477. The van der Waals surface area contributed by atoms with Crippen molar-refractivity contribution >= 4 is 49.4 Å². The first-order chi connectivity index (χ1) is 15.4. The molecule has 0 aliphatic heterocycles. The highest BCUT2D eigenvalue weighted by molar-refractivity contribution is 9.10. The maximum atomic E-state index is 13.3. The van der Waals surface area contributed by atoms with E-state index in [1.807, 2.05) is 38.1 Å². The number of nitrogens with one attached hydrogen (secondary N) is 1. The van der Waals surface area contributed by atoms with Gasteiger partial charge in [0, 0.05) is 29.1 Å². The average Bonchev–Trinajstić information content (AvgIpc) is 2.78. The number of amides is 2. The monoisotopic (exact) mass is 557 g/mol. The van der Waals surface area contributed by atoms with E-state index in [0.717, 1.165) is 20.8 Å². The van der Waals surface area contributed by atoms with Crippen molar-refractivity contribution in [3.05, 3.63) is 63.6 Å². The smallest absolute Gasteiger partial charge is 0.243 e. The standard InChI is InChI=1S/C23H29BrClN3O4S/c1-5-16(2)26-23(30)17(3)28(14-18-6-8-19(24)9-7-18)22(29)15-27(4)33(31,32)21-12-10-20(25)11-13-21/h6-13,16-17H,5,14-15H2,1-4H3,(H,26,30)/t16-,17-/m0/s1. The Bertz CT molecular complexity index is 1060. The van der Waals surface area contributed by atoms with Gasteiger partial charge in [0.1, 0.15) is 6.04 Å². The van der Waals surface area contributed by atoms with Gasteiger partial charge in [-0.3, -0.25) is 9.59 Å². The second-order valence-corrected chi connectivity index (χ2v) is 11.3. The molecule has 0 unspecified atom stereocenters. The molecule has 0 aliphatic carbocycles. The lowest BCUT2D eigenvalue weighted by Gasteiger charge is -2.31. The van der Waals surface area contributed by atoms with E-state index in [-0.39, 0.29) is 23.4 Å². The predicted octanol–water partition coefficient (Wildman–Crippen LogP) is 4.06. The third-order valence-electron chi connectivity index (χ3n) is 5.31.